The van der Waals surface area contributed by atoms with E-state index in [0.29, 0.717) is 18.6 Å². The van der Waals surface area contributed by atoms with Crippen molar-refractivity contribution >= 4 is 11.6 Å². The normalized spacial score (nSPS) is 11.0. The molecule has 1 amide bonds. The third kappa shape index (κ3) is 4.74. The van der Waals surface area contributed by atoms with Crippen LogP contribution >= 0.6 is 0 Å². The maximum Gasteiger partial charge on any atom is 0.239 e. The van der Waals surface area contributed by atoms with E-state index in [1.54, 1.807) is 7.11 Å². The molecule has 0 bridgehead atoms. The third-order valence-electron chi connectivity index (χ3n) is 3.48. The molecule has 3 N–H and O–H groups in total. The smallest absolute Gasteiger partial charge is 0.239 e. The van der Waals surface area contributed by atoms with Crippen molar-refractivity contribution in [3.63, 3.8) is 0 Å². The molecule has 0 atom stereocenters. The Kier molecular flexibility index (Phi) is 6.31. The minimum atomic E-state index is -0.819. The fourth-order valence-electron chi connectivity index (χ4n) is 1.79. The lowest BCUT2D eigenvalue weighted by atomic mass is 9.98. The van der Waals surface area contributed by atoms with Gasteiger partial charge >= 0.3 is 0 Å². The number of carbonyl (C=O) groups excluding carboxylic acids is 1. The molecule has 20 heavy (non-hydrogen) atoms. The first-order valence-electron chi connectivity index (χ1n) is 6.90. The molecule has 0 aliphatic rings. The number of benzene rings is 1. The van der Waals surface area contributed by atoms with Crippen LogP contribution in [0.15, 0.2) is 24.3 Å². The zero-order valence-corrected chi connectivity index (χ0v) is 12.4. The molecule has 0 aromatic heterocycles. The van der Waals surface area contributed by atoms with Crippen molar-refractivity contribution in [1.82, 2.24) is 5.32 Å². The van der Waals surface area contributed by atoms with Gasteiger partial charge in [-0.25, -0.2) is 0 Å². The quantitative estimate of drug-likeness (QED) is 0.679. The van der Waals surface area contributed by atoms with E-state index in [2.05, 4.69) is 10.6 Å². The van der Waals surface area contributed by atoms with Gasteiger partial charge in [-0.1, -0.05) is 26.0 Å². The summed E-state index contributed by atoms with van der Waals surface area (Å²) in [7, 11) is 1.59. The number of carbonyl (C=O) groups is 1. The fraction of sp³-hybridized carbons (Fsp3) is 0.533. The van der Waals surface area contributed by atoms with E-state index in [9.17, 15) is 9.90 Å². The van der Waals surface area contributed by atoms with Gasteiger partial charge in [-0.05, 0) is 25.0 Å². The zero-order valence-electron chi connectivity index (χ0n) is 12.4. The minimum Gasteiger partial charge on any atom is -0.495 e. The largest absolute Gasteiger partial charge is 0.495 e. The number of nitrogens with one attached hydrogen (secondary N) is 2. The van der Waals surface area contributed by atoms with Crippen LogP contribution in [0.25, 0.3) is 0 Å². The molecular weight excluding hydrogens is 256 g/mol. The lowest BCUT2D eigenvalue weighted by Crippen LogP contribution is -2.43. The number of amides is 1. The molecule has 1 aromatic rings. The van der Waals surface area contributed by atoms with Gasteiger partial charge in [0.15, 0.2) is 0 Å². The first kappa shape index (κ1) is 16.3. The number of methoxy groups -OCH3 is 1. The number of anilines is 1. The van der Waals surface area contributed by atoms with Crippen molar-refractivity contribution in [2.24, 2.45) is 0 Å². The van der Waals surface area contributed by atoms with Crippen LogP contribution in [0.3, 0.4) is 0 Å². The predicted octanol–water partition coefficient (Wildman–Crippen LogP) is 1.77. The number of hydrogen-bond acceptors (Lipinski definition) is 4. The van der Waals surface area contributed by atoms with Crippen molar-refractivity contribution in [1.29, 1.82) is 0 Å². The summed E-state index contributed by atoms with van der Waals surface area (Å²) in [6.45, 7) is 4.22. The standard InChI is InChI=1S/C15H24N2O3/c1-4-15(19,5-2)11-17-14(18)10-16-12-8-6-7-9-13(12)20-3/h6-9,16,19H,4-5,10-11H2,1-3H3,(H,17,18). The van der Waals surface area contributed by atoms with E-state index in [4.69, 9.17) is 4.74 Å². The highest BCUT2D eigenvalue weighted by molar-refractivity contribution is 5.81. The second kappa shape index (κ2) is 7.75. The molecule has 0 saturated heterocycles. The minimum absolute atomic E-state index is 0.143. The van der Waals surface area contributed by atoms with Gasteiger partial charge in [-0.3, -0.25) is 4.79 Å². The molecule has 0 radical (unpaired) electrons. The Morgan fingerprint density at radius 2 is 1.95 bits per heavy atom. The average molecular weight is 280 g/mol. The monoisotopic (exact) mass is 280 g/mol. The molecule has 112 valence electrons. The van der Waals surface area contributed by atoms with Gasteiger partial charge in [0.05, 0.1) is 24.9 Å². The molecular formula is C15H24N2O3. The molecule has 0 fully saturated rings. The summed E-state index contributed by atoms with van der Waals surface area (Å²) >= 11 is 0. The second-order valence-corrected chi connectivity index (χ2v) is 4.76. The number of hydrogen-bond donors (Lipinski definition) is 3. The van der Waals surface area contributed by atoms with Gasteiger partial charge in [0.1, 0.15) is 5.75 Å². The van der Waals surface area contributed by atoms with Crippen LogP contribution < -0.4 is 15.4 Å². The Morgan fingerprint density at radius 1 is 1.30 bits per heavy atom. The zero-order chi connectivity index (χ0) is 15.0. The molecule has 0 aliphatic carbocycles. The number of para-hydroxylation sites is 2. The second-order valence-electron chi connectivity index (χ2n) is 4.76. The number of aliphatic hydroxyl groups is 1. The van der Waals surface area contributed by atoms with Crippen molar-refractivity contribution in [3.05, 3.63) is 24.3 Å². The average Bonchev–Trinajstić information content (AvgIpc) is 2.50. The highest BCUT2D eigenvalue weighted by Gasteiger charge is 2.22. The SMILES string of the molecule is CCC(O)(CC)CNC(=O)CNc1ccccc1OC. The molecule has 0 aliphatic heterocycles. The van der Waals surface area contributed by atoms with Gasteiger partial charge in [0.2, 0.25) is 5.91 Å². The summed E-state index contributed by atoms with van der Waals surface area (Å²) < 4.78 is 5.19. The lowest BCUT2D eigenvalue weighted by molar-refractivity contribution is -0.120. The molecule has 1 rings (SSSR count). The molecule has 0 unspecified atom stereocenters. The Labute approximate surface area is 120 Å². The summed E-state index contributed by atoms with van der Waals surface area (Å²) in [5, 5.41) is 15.8. The van der Waals surface area contributed by atoms with Gasteiger partial charge in [-0.2, -0.15) is 0 Å². The number of ether oxygens (including phenoxy) is 1. The van der Waals surface area contributed by atoms with Crippen molar-refractivity contribution in [2.45, 2.75) is 32.3 Å². The van der Waals surface area contributed by atoms with E-state index in [1.165, 1.54) is 0 Å². The number of rotatable bonds is 8. The summed E-state index contributed by atoms with van der Waals surface area (Å²) in [4.78, 5) is 11.8. The summed E-state index contributed by atoms with van der Waals surface area (Å²) in [5.41, 5.74) is -0.0495. The van der Waals surface area contributed by atoms with E-state index in [-0.39, 0.29) is 19.0 Å². The summed E-state index contributed by atoms with van der Waals surface area (Å²) in [6.07, 6.45) is 1.23. The maximum atomic E-state index is 11.8. The van der Waals surface area contributed by atoms with Gasteiger partial charge in [0, 0.05) is 6.54 Å². The molecule has 0 saturated carbocycles. The first-order valence-corrected chi connectivity index (χ1v) is 6.90. The van der Waals surface area contributed by atoms with Crippen LogP contribution in [-0.4, -0.2) is 36.8 Å². The Bertz CT molecular complexity index is 431. The van der Waals surface area contributed by atoms with Gasteiger partial charge < -0.3 is 20.5 Å². The molecule has 0 spiro atoms. The summed E-state index contributed by atoms with van der Waals surface area (Å²) in [6, 6.07) is 7.41. The van der Waals surface area contributed by atoms with Crippen molar-refractivity contribution < 1.29 is 14.6 Å². The van der Waals surface area contributed by atoms with Crippen LogP contribution in [-0.2, 0) is 4.79 Å². The predicted molar refractivity (Wildman–Crippen MR) is 80.0 cm³/mol. The first-order chi connectivity index (χ1) is 9.54. The molecule has 1 aromatic carbocycles. The Morgan fingerprint density at radius 3 is 2.55 bits per heavy atom. The van der Waals surface area contributed by atoms with Crippen molar-refractivity contribution in [3.8, 4) is 5.75 Å². The van der Waals surface area contributed by atoms with Crippen molar-refractivity contribution in [2.75, 3.05) is 25.5 Å². The van der Waals surface area contributed by atoms with Crippen LogP contribution in [0.4, 0.5) is 5.69 Å². The van der Waals surface area contributed by atoms with Crippen LogP contribution in [0.1, 0.15) is 26.7 Å². The molecule has 5 nitrogen and oxygen atoms in total. The third-order valence-corrected chi connectivity index (χ3v) is 3.48. The van der Waals surface area contributed by atoms with Crippen LogP contribution in [0.2, 0.25) is 0 Å². The summed E-state index contributed by atoms with van der Waals surface area (Å²) in [5.74, 6) is 0.537. The van der Waals surface area contributed by atoms with E-state index in [0.717, 1.165) is 5.69 Å². The van der Waals surface area contributed by atoms with Gasteiger partial charge in [0.25, 0.3) is 0 Å². The molecule has 5 heteroatoms. The highest BCUT2D eigenvalue weighted by Crippen LogP contribution is 2.22. The van der Waals surface area contributed by atoms with Crippen LogP contribution in [0, 0.1) is 0 Å². The highest BCUT2D eigenvalue weighted by atomic mass is 16.5. The van der Waals surface area contributed by atoms with E-state index in [1.807, 2.05) is 38.1 Å². The van der Waals surface area contributed by atoms with Gasteiger partial charge in [-0.15, -0.1) is 0 Å². The van der Waals surface area contributed by atoms with E-state index < -0.39 is 5.60 Å². The Balaban J connectivity index is 2.44. The van der Waals surface area contributed by atoms with E-state index >= 15 is 0 Å². The Hall–Kier alpha value is -1.75. The maximum absolute atomic E-state index is 11.8. The topological polar surface area (TPSA) is 70.6 Å². The fourth-order valence-corrected chi connectivity index (χ4v) is 1.79. The van der Waals surface area contributed by atoms with Crippen LogP contribution in [0.5, 0.6) is 5.75 Å². The lowest BCUT2D eigenvalue weighted by Gasteiger charge is -2.25. The molecule has 0 heterocycles.